The molecule has 0 saturated carbocycles. The van der Waals surface area contributed by atoms with Crippen LogP contribution in [0.2, 0.25) is 0 Å². The van der Waals surface area contributed by atoms with E-state index in [9.17, 15) is 19.2 Å². The Bertz CT molecular complexity index is 958. The fourth-order valence-electron chi connectivity index (χ4n) is 2.71. The van der Waals surface area contributed by atoms with E-state index in [1.54, 1.807) is 30.3 Å². The largest absolute Gasteiger partial charge is 0.452 e. The Hall–Kier alpha value is -3.13. The summed E-state index contributed by atoms with van der Waals surface area (Å²) < 4.78 is 5.19. The van der Waals surface area contributed by atoms with Crippen molar-refractivity contribution in [2.75, 3.05) is 10.6 Å². The van der Waals surface area contributed by atoms with Crippen molar-refractivity contribution in [2.45, 2.75) is 36.5 Å². The van der Waals surface area contributed by atoms with Gasteiger partial charge < -0.3 is 15.4 Å². The van der Waals surface area contributed by atoms with Crippen molar-refractivity contribution in [3.05, 3.63) is 54.1 Å². The van der Waals surface area contributed by atoms with E-state index in [4.69, 9.17) is 4.74 Å². The fraction of sp³-hybridized carbons (Fsp3) is 0.238. The van der Waals surface area contributed by atoms with E-state index in [0.29, 0.717) is 11.3 Å². The average molecular weight is 412 g/mol. The number of hydrogen-bond acceptors (Lipinski definition) is 6. The molecule has 2 aromatic carbocycles. The highest BCUT2D eigenvalue weighted by Crippen LogP contribution is 2.36. The molecule has 0 spiro atoms. The highest BCUT2D eigenvalue weighted by Gasteiger charge is 2.30. The lowest BCUT2D eigenvalue weighted by Crippen LogP contribution is -2.34. The number of ether oxygens (including phenoxy) is 1. The Morgan fingerprint density at radius 3 is 2.52 bits per heavy atom. The van der Waals surface area contributed by atoms with Crippen LogP contribution < -0.4 is 10.6 Å². The van der Waals surface area contributed by atoms with E-state index in [1.807, 2.05) is 18.2 Å². The molecule has 0 bridgehead atoms. The number of ketones is 1. The van der Waals surface area contributed by atoms with Gasteiger partial charge in [0.15, 0.2) is 11.9 Å². The Balaban J connectivity index is 1.52. The fourth-order valence-corrected chi connectivity index (χ4v) is 3.80. The molecule has 2 aromatic rings. The van der Waals surface area contributed by atoms with E-state index in [-0.39, 0.29) is 18.1 Å². The molecule has 0 aliphatic carbocycles. The first-order valence-electron chi connectivity index (χ1n) is 9.01. The van der Waals surface area contributed by atoms with Crippen LogP contribution in [0.1, 0.15) is 30.6 Å². The molecule has 0 unspecified atom stereocenters. The van der Waals surface area contributed by atoms with Gasteiger partial charge in [-0.3, -0.25) is 19.2 Å². The minimum atomic E-state index is -1.03. The molecule has 0 radical (unpaired) electrons. The summed E-state index contributed by atoms with van der Waals surface area (Å²) in [6.07, 6.45) is -1.17. The number of benzene rings is 2. The number of hydrogen-bond donors (Lipinski definition) is 2. The third-order valence-corrected chi connectivity index (χ3v) is 5.57. The van der Waals surface area contributed by atoms with Crippen molar-refractivity contribution in [3.63, 3.8) is 0 Å². The van der Waals surface area contributed by atoms with Crippen LogP contribution in [-0.2, 0) is 19.1 Å². The van der Waals surface area contributed by atoms with Gasteiger partial charge in [0.2, 0.25) is 5.91 Å². The van der Waals surface area contributed by atoms with Gasteiger partial charge in [0.1, 0.15) is 0 Å². The molecule has 7 nitrogen and oxygen atoms in total. The van der Waals surface area contributed by atoms with Crippen molar-refractivity contribution in [3.8, 4) is 0 Å². The summed E-state index contributed by atoms with van der Waals surface area (Å²) in [5.74, 6) is -1.47. The molecule has 1 aliphatic heterocycles. The Labute approximate surface area is 172 Å². The molecule has 150 valence electrons. The van der Waals surface area contributed by atoms with Gasteiger partial charge in [-0.1, -0.05) is 12.1 Å². The summed E-state index contributed by atoms with van der Waals surface area (Å²) in [5, 5.41) is 4.77. The lowest BCUT2D eigenvalue weighted by molar-refractivity contribution is -0.153. The van der Waals surface area contributed by atoms with Crippen molar-refractivity contribution in [2.24, 2.45) is 0 Å². The molecule has 3 rings (SSSR count). The molecule has 2 atom stereocenters. The summed E-state index contributed by atoms with van der Waals surface area (Å²) in [6.45, 7) is 2.92. The van der Waals surface area contributed by atoms with Gasteiger partial charge in [-0.15, -0.1) is 11.8 Å². The summed E-state index contributed by atoms with van der Waals surface area (Å²) in [5.41, 5.74) is 1.74. The van der Waals surface area contributed by atoms with Crippen molar-refractivity contribution >= 4 is 46.7 Å². The maximum atomic E-state index is 12.2. The smallest absolute Gasteiger partial charge is 0.308 e. The van der Waals surface area contributed by atoms with E-state index >= 15 is 0 Å². The number of fused-ring (bicyclic) bond motifs is 1. The van der Waals surface area contributed by atoms with Gasteiger partial charge in [0.05, 0.1) is 17.4 Å². The molecule has 8 heteroatoms. The Morgan fingerprint density at radius 2 is 1.83 bits per heavy atom. The number of esters is 1. The van der Waals surface area contributed by atoms with Crippen LogP contribution in [0.3, 0.4) is 0 Å². The predicted molar refractivity (Wildman–Crippen MR) is 110 cm³/mol. The minimum absolute atomic E-state index is 0.0718. The number of amides is 2. The van der Waals surface area contributed by atoms with Crippen LogP contribution in [0.15, 0.2) is 53.4 Å². The molecular formula is C21H20N2O5S. The number of Topliss-reactive ketones (excluding diaryl/α,β-unsaturated/α-hetero) is 1. The van der Waals surface area contributed by atoms with Gasteiger partial charge in [-0.25, -0.2) is 0 Å². The first-order valence-corrected chi connectivity index (χ1v) is 9.89. The SMILES string of the molecule is CC(=O)c1ccc(NC(=O)[C@H](C)OC(=O)C[C@@H]2Sc3ccccc3NC2=O)cc1. The van der Waals surface area contributed by atoms with Crippen LogP contribution in [0, 0.1) is 0 Å². The van der Waals surface area contributed by atoms with E-state index in [0.717, 1.165) is 10.6 Å². The average Bonchev–Trinajstić information content (AvgIpc) is 2.68. The molecular weight excluding hydrogens is 392 g/mol. The second kappa shape index (κ2) is 8.91. The second-order valence-corrected chi connectivity index (χ2v) is 7.80. The lowest BCUT2D eigenvalue weighted by atomic mass is 10.1. The number of anilines is 2. The molecule has 0 aromatic heterocycles. The van der Waals surface area contributed by atoms with Crippen molar-refractivity contribution in [1.82, 2.24) is 0 Å². The minimum Gasteiger partial charge on any atom is -0.452 e. The van der Waals surface area contributed by atoms with Gasteiger partial charge >= 0.3 is 5.97 Å². The highest BCUT2D eigenvalue weighted by molar-refractivity contribution is 8.01. The number of carbonyl (C=O) groups is 4. The summed E-state index contributed by atoms with van der Waals surface area (Å²) in [6, 6.07) is 13.7. The number of carbonyl (C=O) groups excluding carboxylic acids is 4. The first kappa shape index (κ1) is 20.6. The summed E-state index contributed by atoms with van der Waals surface area (Å²) in [7, 11) is 0. The molecule has 2 N–H and O–H groups in total. The van der Waals surface area contributed by atoms with Crippen LogP contribution in [0.25, 0.3) is 0 Å². The molecule has 1 aliphatic rings. The Kier molecular flexibility index (Phi) is 6.33. The standard InChI is InChI=1S/C21H20N2O5S/c1-12(24)14-7-9-15(10-8-14)22-20(26)13(2)28-19(25)11-18-21(27)23-16-5-3-4-6-17(16)29-18/h3-10,13,18H,11H2,1-2H3,(H,22,26)(H,23,27)/t13-,18-/m0/s1. The summed E-state index contributed by atoms with van der Waals surface area (Å²) in [4.78, 5) is 48.8. The Morgan fingerprint density at radius 1 is 1.14 bits per heavy atom. The third-order valence-electron chi connectivity index (χ3n) is 4.30. The molecule has 29 heavy (non-hydrogen) atoms. The highest BCUT2D eigenvalue weighted by atomic mass is 32.2. The van der Waals surface area contributed by atoms with Crippen molar-refractivity contribution in [1.29, 1.82) is 0 Å². The number of para-hydroxylation sites is 1. The topological polar surface area (TPSA) is 102 Å². The van der Waals surface area contributed by atoms with Gasteiger partial charge in [0.25, 0.3) is 5.91 Å². The van der Waals surface area contributed by atoms with Gasteiger partial charge in [-0.05, 0) is 50.2 Å². The zero-order valence-electron chi connectivity index (χ0n) is 15.9. The van der Waals surface area contributed by atoms with Crippen LogP contribution in [0.5, 0.6) is 0 Å². The van der Waals surface area contributed by atoms with Gasteiger partial charge in [0, 0.05) is 16.1 Å². The van der Waals surface area contributed by atoms with Gasteiger partial charge in [-0.2, -0.15) is 0 Å². The number of thioether (sulfide) groups is 1. The van der Waals surface area contributed by atoms with Crippen LogP contribution in [-0.4, -0.2) is 34.9 Å². The van der Waals surface area contributed by atoms with Crippen LogP contribution >= 0.6 is 11.8 Å². The molecule has 1 heterocycles. The quantitative estimate of drug-likeness (QED) is 0.558. The number of nitrogens with one attached hydrogen (secondary N) is 2. The first-order chi connectivity index (χ1) is 13.8. The molecule has 2 amide bonds. The predicted octanol–water partition coefficient (Wildman–Crippen LogP) is 3.26. The molecule has 0 fully saturated rings. The lowest BCUT2D eigenvalue weighted by Gasteiger charge is -2.23. The maximum absolute atomic E-state index is 12.2. The van der Waals surface area contributed by atoms with E-state index in [1.165, 1.54) is 25.6 Å². The normalized spacial score (nSPS) is 16.2. The summed E-state index contributed by atoms with van der Waals surface area (Å²) >= 11 is 1.29. The zero-order valence-corrected chi connectivity index (χ0v) is 16.7. The maximum Gasteiger partial charge on any atom is 0.308 e. The van der Waals surface area contributed by atoms with E-state index in [2.05, 4.69) is 10.6 Å². The second-order valence-electron chi connectivity index (χ2n) is 6.55. The van der Waals surface area contributed by atoms with Crippen molar-refractivity contribution < 1.29 is 23.9 Å². The number of rotatable bonds is 6. The third kappa shape index (κ3) is 5.23. The van der Waals surface area contributed by atoms with Crippen LogP contribution in [0.4, 0.5) is 11.4 Å². The monoisotopic (exact) mass is 412 g/mol. The molecule has 0 saturated heterocycles. The zero-order chi connectivity index (χ0) is 21.0. The van der Waals surface area contributed by atoms with E-state index < -0.39 is 23.2 Å².